The van der Waals surface area contributed by atoms with Crippen molar-refractivity contribution >= 4 is 0 Å². The summed E-state index contributed by atoms with van der Waals surface area (Å²) in [6.45, 7) is 4.97. The molecule has 1 heterocycles. The van der Waals surface area contributed by atoms with E-state index < -0.39 is 17.8 Å². The Morgan fingerprint density at radius 2 is 1.95 bits per heavy atom. The molecule has 1 fully saturated rings. The van der Waals surface area contributed by atoms with Crippen LogP contribution in [0, 0.1) is 5.92 Å². The van der Waals surface area contributed by atoms with Crippen LogP contribution in [-0.4, -0.2) is 19.2 Å². The summed E-state index contributed by atoms with van der Waals surface area (Å²) >= 11 is 0. The minimum atomic E-state index is -4.34. The van der Waals surface area contributed by atoms with Crippen molar-refractivity contribution in [3.8, 4) is 0 Å². The average molecular weight is 273 g/mol. The highest BCUT2D eigenvalue weighted by atomic mass is 19.4. The van der Waals surface area contributed by atoms with Gasteiger partial charge in [-0.3, -0.25) is 0 Å². The van der Waals surface area contributed by atoms with E-state index in [2.05, 4.69) is 19.2 Å². The molecule has 0 saturated carbocycles. The molecule has 106 valence electrons. The molecule has 2 unspecified atom stereocenters. The van der Waals surface area contributed by atoms with E-state index in [1.165, 1.54) is 12.1 Å². The largest absolute Gasteiger partial charge is 0.416 e. The van der Waals surface area contributed by atoms with E-state index in [1.807, 2.05) is 0 Å². The van der Waals surface area contributed by atoms with Crippen molar-refractivity contribution in [1.82, 2.24) is 5.32 Å². The molecule has 1 saturated heterocycles. The number of halogens is 3. The van der Waals surface area contributed by atoms with Gasteiger partial charge in [0.2, 0.25) is 0 Å². The Kier molecular flexibility index (Phi) is 4.16. The smallest absolute Gasteiger partial charge is 0.371 e. The molecule has 1 N–H and O–H groups in total. The van der Waals surface area contributed by atoms with Gasteiger partial charge < -0.3 is 10.1 Å². The SMILES string of the molecule is CC(C)C1COC(c2ccccc2C(F)(F)F)CN1. The summed E-state index contributed by atoms with van der Waals surface area (Å²) in [5, 5.41) is 3.25. The summed E-state index contributed by atoms with van der Waals surface area (Å²) < 4.78 is 44.4. The first-order valence-corrected chi connectivity index (χ1v) is 6.40. The predicted octanol–water partition coefficient (Wildman–Crippen LogP) is 3.39. The first-order valence-electron chi connectivity index (χ1n) is 6.40. The number of rotatable bonds is 2. The lowest BCUT2D eigenvalue weighted by Gasteiger charge is -2.33. The summed E-state index contributed by atoms with van der Waals surface area (Å²) in [6.07, 6.45) is -4.87. The van der Waals surface area contributed by atoms with Crippen molar-refractivity contribution in [2.24, 2.45) is 5.92 Å². The van der Waals surface area contributed by atoms with E-state index in [0.717, 1.165) is 6.07 Å². The van der Waals surface area contributed by atoms with Crippen LogP contribution in [0.1, 0.15) is 31.1 Å². The van der Waals surface area contributed by atoms with E-state index in [1.54, 1.807) is 6.07 Å². The normalized spacial score (nSPS) is 24.7. The van der Waals surface area contributed by atoms with Crippen LogP contribution >= 0.6 is 0 Å². The van der Waals surface area contributed by atoms with Crippen LogP contribution in [0.25, 0.3) is 0 Å². The Bertz CT molecular complexity index is 423. The fraction of sp³-hybridized carbons (Fsp3) is 0.571. The second-order valence-electron chi connectivity index (χ2n) is 5.17. The van der Waals surface area contributed by atoms with Gasteiger partial charge in [0.25, 0.3) is 0 Å². The maximum atomic E-state index is 12.9. The Morgan fingerprint density at radius 3 is 2.47 bits per heavy atom. The van der Waals surface area contributed by atoms with E-state index in [0.29, 0.717) is 19.1 Å². The van der Waals surface area contributed by atoms with E-state index in [-0.39, 0.29) is 11.6 Å². The highest BCUT2D eigenvalue weighted by Gasteiger charge is 2.36. The first-order chi connectivity index (χ1) is 8.89. The van der Waals surface area contributed by atoms with Gasteiger partial charge in [-0.25, -0.2) is 0 Å². The Balaban J connectivity index is 2.16. The summed E-state index contributed by atoms with van der Waals surface area (Å²) in [7, 11) is 0. The van der Waals surface area contributed by atoms with Crippen molar-refractivity contribution in [2.75, 3.05) is 13.2 Å². The fourth-order valence-corrected chi connectivity index (χ4v) is 2.26. The van der Waals surface area contributed by atoms with Crippen LogP contribution in [0.2, 0.25) is 0 Å². The summed E-state index contributed by atoms with van der Waals surface area (Å²) in [6, 6.07) is 5.81. The summed E-state index contributed by atoms with van der Waals surface area (Å²) in [4.78, 5) is 0. The molecular formula is C14H18F3NO. The molecule has 0 radical (unpaired) electrons. The maximum Gasteiger partial charge on any atom is 0.416 e. The van der Waals surface area contributed by atoms with E-state index >= 15 is 0 Å². The third kappa shape index (κ3) is 3.28. The van der Waals surface area contributed by atoms with Crippen molar-refractivity contribution in [1.29, 1.82) is 0 Å². The number of benzene rings is 1. The van der Waals surface area contributed by atoms with Gasteiger partial charge >= 0.3 is 6.18 Å². The minimum absolute atomic E-state index is 0.203. The monoisotopic (exact) mass is 273 g/mol. The molecule has 2 nitrogen and oxygen atoms in total. The van der Waals surface area contributed by atoms with Crippen LogP contribution in [-0.2, 0) is 10.9 Å². The predicted molar refractivity (Wildman–Crippen MR) is 66.8 cm³/mol. The second kappa shape index (κ2) is 5.51. The molecule has 1 aliphatic rings. The molecule has 5 heteroatoms. The number of hydrogen-bond acceptors (Lipinski definition) is 2. The first kappa shape index (κ1) is 14.3. The molecule has 0 spiro atoms. The van der Waals surface area contributed by atoms with E-state index in [4.69, 9.17) is 4.74 Å². The van der Waals surface area contributed by atoms with Gasteiger partial charge in [-0.15, -0.1) is 0 Å². The van der Waals surface area contributed by atoms with Gasteiger partial charge in [-0.05, 0) is 17.5 Å². The van der Waals surface area contributed by atoms with Crippen LogP contribution in [0.5, 0.6) is 0 Å². The lowest BCUT2D eigenvalue weighted by atomic mass is 9.98. The lowest BCUT2D eigenvalue weighted by Crippen LogP contribution is -2.46. The zero-order valence-electron chi connectivity index (χ0n) is 11.0. The number of hydrogen-bond donors (Lipinski definition) is 1. The number of nitrogens with one attached hydrogen (secondary N) is 1. The van der Waals surface area contributed by atoms with Crippen molar-refractivity contribution in [3.05, 3.63) is 35.4 Å². The van der Waals surface area contributed by atoms with E-state index in [9.17, 15) is 13.2 Å². The van der Waals surface area contributed by atoms with Crippen molar-refractivity contribution in [3.63, 3.8) is 0 Å². The van der Waals surface area contributed by atoms with Gasteiger partial charge in [0.05, 0.1) is 18.3 Å². The number of morpholine rings is 1. The zero-order chi connectivity index (χ0) is 14.0. The number of ether oxygens (including phenoxy) is 1. The Morgan fingerprint density at radius 1 is 1.26 bits per heavy atom. The fourth-order valence-electron chi connectivity index (χ4n) is 2.26. The minimum Gasteiger partial charge on any atom is -0.371 e. The van der Waals surface area contributed by atoms with Crippen LogP contribution in [0.3, 0.4) is 0 Å². The molecule has 0 amide bonds. The highest BCUT2D eigenvalue weighted by molar-refractivity contribution is 5.32. The molecule has 2 rings (SSSR count). The zero-order valence-corrected chi connectivity index (χ0v) is 11.0. The molecule has 19 heavy (non-hydrogen) atoms. The van der Waals surface area contributed by atoms with Gasteiger partial charge in [-0.1, -0.05) is 32.0 Å². The third-order valence-electron chi connectivity index (χ3n) is 3.46. The topological polar surface area (TPSA) is 21.3 Å². The lowest BCUT2D eigenvalue weighted by molar-refractivity contribution is -0.140. The molecule has 0 aromatic heterocycles. The van der Waals surface area contributed by atoms with Gasteiger partial charge in [0.1, 0.15) is 0 Å². The molecule has 1 aromatic carbocycles. The maximum absolute atomic E-state index is 12.9. The Labute approximate surface area is 111 Å². The van der Waals surface area contributed by atoms with Crippen molar-refractivity contribution in [2.45, 2.75) is 32.2 Å². The van der Waals surface area contributed by atoms with Crippen LogP contribution in [0.4, 0.5) is 13.2 Å². The highest BCUT2D eigenvalue weighted by Crippen LogP contribution is 2.36. The van der Waals surface area contributed by atoms with Gasteiger partial charge in [0.15, 0.2) is 0 Å². The third-order valence-corrected chi connectivity index (χ3v) is 3.46. The standard InChI is InChI=1S/C14H18F3NO/c1-9(2)12-8-19-13(7-18-12)10-5-3-4-6-11(10)14(15,16)17/h3-6,9,12-13,18H,7-8H2,1-2H3. The molecule has 0 aliphatic carbocycles. The molecular weight excluding hydrogens is 255 g/mol. The van der Waals surface area contributed by atoms with Crippen LogP contribution in [0.15, 0.2) is 24.3 Å². The second-order valence-corrected chi connectivity index (χ2v) is 5.17. The quantitative estimate of drug-likeness (QED) is 0.891. The van der Waals surface area contributed by atoms with Crippen LogP contribution < -0.4 is 5.32 Å². The summed E-state index contributed by atoms with van der Waals surface area (Å²) in [5.41, 5.74) is -0.394. The van der Waals surface area contributed by atoms with Crippen molar-refractivity contribution < 1.29 is 17.9 Å². The number of alkyl halides is 3. The Hall–Kier alpha value is -1.07. The average Bonchev–Trinajstić information content (AvgIpc) is 2.38. The molecule has 1 aliphatic heterocycles. The molecule has 2 atom stereocenters. The summed E-state index contributed by atoms with van der Waals surface area (Å²) in [5.74, 6) is 0.402. The molecule has 1 aromatic rings. The van der Waals surface area contributed by atoms with Gasteiger partial charge in [0, 0.05) is 12.6 Å². The molecule has 0 bridgehead atoms. The van der Waals surface area contributed by atoms with Gasteiger partial charge in [-0.2, -0.15) is 13.2 Å².